The first-order valence-electron chi connectivity index (χ1n) is 8.56. The molecule has 0 aliphatic rings. The van der Waals surface area contributed by atoms with Crippen LogP contribution in [0.4, 0.5) is 0 Å². The lowest BCUT2D eigenvalue weighted by Crippen LogP contribution is -2.42. The Morgan fingerprint density at radius 2 is 1.89 bits per heavy atom. The molecule has 0 saturated carbocycles. The zero-order valence-corrected chi connectivity index (χ0v) is 15.8. The number of primary amides is 1. The average Bonchev–Trinajstić information content (AvgIpc) is 3.06. The molecule has 7 nitrogen and oxygen atoms in total. The Balaban J connectivity index is 2.05. The first kappa shape index (κ1) is 19.1. The van der Waals surface area contributed by atoms with Crippen LogP contribution in [0.3, 0.4) is 0 Å². The van der Waals surface area contributed by atoms with Gasteiger partial charge in [-0.15, -0.1) is 0 Å². The van der Waals surface area contributed by atoms with Crippen LogP contribution in [0.1, 0.15) is 23.0 Å². The monoisotopic (exact) mass is 376 g/mol. The predicted molar refractivity (Wildman–Crippen MR) is 106 cm³/mol. The van der Waals surface area contributed by atoms with E-state index < -0.39 is 17.4 Å². The van der Waals surface area contributed by atoms with Crippen molar-refractivity contribution in [2.24, 2.45) is 5.73 Å². The number of carbonyl (C=O) groups excluding carboxylic acids is 2. The van der Waals surface area contributed by atoms with Gasteiger partial charge >= 0.3 is 0 Å². The van der Waals surface area contributed by atoms with Gasteiger partial charge in [-0.2, -0.15) is 5.10 Å². The number of likely N-dealkylation sites (N-methyl/N-ethyl adjacent to an activating group) is 1. The maximum Gasteiger partial charge on any atom is 0.269 e. The molecule has 0 bridgehead atoms. The van der Waals surface area contributed by atoms with Crippen LogP contribution >= 0.6 is 0 Å². The third-order valence-corrected chi connectivity index (χ3v) is 4.18. The summed E-state index contributed by atoms with van der Waals surface area (Å²) in [6.07, 6.45) is 0. The van der Waals surface area contributed by atoms with Gasteiger partial charge in [-0.05, 0) is 31.2 Å². The van der Waals surface area contributed by atoms with Crippen molar-refractivity contribution in [2.45, 2.75) is 12.5 Å². The van der Waals surface area contributed by atoms with Gasteiger partial charge in [-0.3, -0.25) is 9.59 Å². The number of fused-ring (bicyclic) bond motifs is 1. The molecule has 2 aromatic carbocycles. The van der Waals surface area contributed by atoms with Crippen LogP contribution in [-0.2, 0) is 4.79 Å². The zero-order chi connectivity index (χ0) is 20.5. The summed E-state index contributed by atoms with van der Waals surface area (Å²) in [6.45, 7) is 1.35. The molecule has 142 valence electrons. The van der Waals surface area contributed by atoms with E-state index in [9.17, 15) is 14.7 Å². The minimum Gasteiger partial charge on any atom is -0.370 e. The molecule has 1 aromatic heterocycles. The highest BCUT2D eigenvalue weighted by molar-refractivity contribution is 6.04. The van der Waals surface area contributed by atoms with Crippen molar-refractivity contribution in [3.63, 3.8) is 0 Å². The van der Waals surface area contributed by atoms with Gasteiger partial charge in [0.25, 0.3) is 11.8 Å². The number of hydrogen-bond acceptors (Lipinski definition) is 4. The molecule has 0 unspecified atom stereocenters. The summed E-state index contributed by atoms with van der Waals surface area (Å²) >= 11 is 0. The zero-order valence-electron chi connectivity index (χ0n) is 15.8. The van der Waals surface area contributed by atoms with Gasteiger partial charge in [0, 0.05) is 25.0 Å². The van der Waals surface area contributed by atoms with Crippen LogP contribution in [0.25, 0.3) is 16.6 Å². The Kier molecular flexibility index (Phi) is 4.91. The number of hydrogen-bond donors (Lipinski definition) is 2. The summed E-state index contributed by atoms with van der Waals surface area (Å²) in [5, 5.41) is 15.3. The summed E-state index contributed by atoms with van der Waals surface area (Å²) in [7, 11) is 3.11. The number of carbonyl (C=O) groups is 2. The van der Waals surface area contributed by atoms with Gasteiger partial charge in [0.05, 0.1) is 11.2 Å². The number of nitrogens with zero attached hydrogens (tertiary/aromatic N) is 3. The van der Waals surface area contributed by atoms with Crippen molar-refractivity contribution in [1.29, 1.82) is 0 Å². The maximum absolute atomic E-state index is 12.0. The van der Waals surface area contributed by atoms with Crippen LogP contribution < -0.4 is 5.73 Å². The molecule has 0 saturated heterocycles. The van der Waals surface area contributed by atoms with Crippen LogP contribution in [-0.4, -0.2) is 51.3 Å². The summed E-state index contributed by atoms with van der Waals surface area (Å²) < 4.78 is 1.61. The van der Waals surface area contributed by atoms with Crippen molar-refractivity contribution in [1.82, 2.24) is 14.7 Å². The van der Waals surface area contributed by atoms with E-state index >= 15 is 0 Å². The molecule has 0 aliphatic heterocycles. The molecule has 0 spiro atoms. The first-order valence-corrected chi connectivity index (χ1v) is 8.56. The quantitative estimate of drug-likeness (QED) is 0.673. The number of para-hydroxylation sites is 1. The molecule has 1 atom stereocenters. The molecular formula is C21H20N4O3. The lowest BCUT2D eigenvalue weighted by atomic mass is 10.1. The minimum absolute atomic E-state index is 0.187. The van der Waals surface area contributed by atoms with Crippen LogP contribution in [0.2, 0.25) is 0 Å². The molecule has 0 radical (unpaired) electrons. The van der Waals surface area contributed by atoms with Crippen molar-refractivity contribution >= 4 is 22.7 Å². The maximum atomic E-state index is 12.0. The molecule has 3 aromatic rings. The summed E-state index contributed by atoms with van der Waals surface area (Å²) in [4.78, 5) is 25.0. The Morgan fingerprint density at radius 3 is 2.57 bits per heavy atom. The van der Waals surface area contributed by atoms with E-state index in [0.29, 0.717) is 16.6 Å². The standard InChI is InChI=1S/C21H20N4O3/c1-21(28,20(27)24(2)3)12-11-14-7-6-8-15(13-14)25-17-10-5-4-9-16(17)18(23-25)19(22)26/h4-10,13,28H,1-3H3,(H2,22,26)/t21-/m0/s1. The van der Waals surface area contributed by atoms with E-state index in [-0.39, 0.29) is 5.69 Å². The van der Waals surface area contributed by atoms with E-state index in [1.807, 2.05) is 24.3 Å². The van der Waals surface area contributed by atoms with Gasteiger partial charge < -0.3 is 15.7 Å². The van der Waals surface area contributed by atoms with Gasteiger partial charge in [0.2, 0.25) is 5.60 Å². The average molecular weight is 376 g/mol. The summed E-state index contributed by atoms with van der Waals surface area (Å²) in [5.74, 6) is 4.33. The van der Waals surface area contributed by atoms with Crippen molar-refractivity contribution in [3.05, 3.63) is 59.8 Å². The fourth-order valence-corrected chi connectivity index (χ4v) is 2.84. The van der Waals surface area contributed by atoms with E-state index in [0.717, 1.165) is 5.52 Å². The van der Waals surface area contributed by atoms with Gasteiger partial charge in [0.1, 0.15) is 0 Å². The number of nitrogens with two attached hydrogens (primary N) is 1. The summed E-state index contributed by atoms with van der Waals surface area (Å²) in [6, 6.07) is 14.4. The SMILES string of the molecule is CN(C)C(=O)[C@@](C)(O)C#Cc1cccc(-n2nc(C(N)=O)c3ccccc32)c1. The molecule has 0 fully saturated rings. The highest BCUT2D eigenvalue weighted by Crippen LogP contribution is 2.22. The van der Waals surface area contributed by atoms with E-state index in [1.165, 1.54) is 11.8 Å². The van der Waals surface area contributed by atoms with Crippen molar-refractivity contribution in [2.75, 3.05) is 14.1 Å². The second-order valence-corrected chi connectivity index (χ2v) is 6.71. The third kappa shape index (κ3) is 3.59. The van der Waals surface area contributed by atoms with Gasteiger partial charge in [-0.25, -0.2) is 4.68 Å². The molecule has 3 N–H and O–H groups in total. The number of amides is 2. The van der Waals surface area contributed by atoms with Gasteiger partial charge in [0.15, 0.2) is 5.69 Å². The van der Waals surface area contributed by atoms with E-state index in [2.05, 4.69) is 16.9 Å². The number of benzene rings is 2. The van der Waals surface area contributed by atoms with Crippen LogP contribution in [0.15, 0.2) is 48.5 Å². The van der Waals surface area contributed by atoms with Crippen molar-refractivity contribution in [3.8, 4) is 17.5 Å². The number of aliphatic hydroxyl groups is 1. The Hall–Kier alpha value is -3.63. The molecule has 2 amide bonds. The highest BCUT2D eigenvalue weighted by Gasteiger charge is 2.29. The molecular weight excluding hydrogens is 356 g/mol. The summed E-state index contributed by atoms with van der Waals surface area (Å²) in [5.41, 5.74) is 5.84. The van der Waals surface area contributed by atoms with Gasteiger partial charge in [-0.1, -0.05) is 36.1 Å². The second-order valence-electron chi connectivity index (χ2n) is 6.71. The second kappa shape index (κ2) is 7.18. The molecule has 28 heavy (non-hydrogen) atoms. The van der Waals surface area contributed by atoms with E-state index in [1.54, 1.807) is 43.0 Å². The lowest BCUT2D eigenvalue weighted by molar-refractivity contribution is -0.141. The first-order chi connectivity index (χ1) is 13.2. The smallest absolute Gasteiger partial charge is 0.269 e. The van der Waals surface area contributed by atoms with Crippen molar-refractivity contribution < 1.29 is 14.7 Å². The fraction of sp³-hybridized carbons (Fsp3) is 0.190. The molecule has 7 heteroatoms. The van der Waals surface area contributed by atoms with Crippen LogP contribution in [0, 0.1) is 11.8 Å². The molecule has 1 heterocycles. The largest absolute Gasteiger partial charge is 0.370 e. The molecule has 0 aliphatic carbocycles. The molecule has 3 rings (SSSR count). The Bertz CT molecular complexity index is 1130. The fourth-order valence-electron chi connectivity index (χ4n) is 2.84. The normalized spacial score (nSPS) is 12.7. The van der Waals surface area contributed by atoms with E-state index in [4.69, 9.17) is 5.73 Å². The topological polar surface area (TPSA) is 101 Å². The lowest BCUT2D eigenvalue weighted by Gasteiger charge is -2.20. The number of aromatic nitrogens is 2. The third-order valence-electron chi connectivity index (χ3n) is 4.18. The minimum atomic E-state index is -1.79. The van der Waals surface area contributed by atoms with Crippen LogP contribution in [0.5, 0.6) is 0 Å². The number of rotatable bonds is 3. The Labute approximate surface area is 162 Å². The predicted octanol–water partition coefficient (Wildman–Crippen LogP) is 1.32. The highest BCUT2D eigenvalue weighted by atomic mass is 16.3. The Morgan fingerprint density at radius 1 is 1.18 bits per heavy atom.